The Morgan fingerprint density at radius 2 is 1.71 bits per heavy atom. The largest absolute Gasteiger partial charge is 0.451 e. The van der Waals surface area contributed by atoms with Gasteiger partial charge in [-0.1, -0.05) is 0 Å². The predicted molar refractivity (Wildman–Crippen MR) is 86.0 cm³/mol. The highest BCUT2D eigenvalue weighted by Crippen LogP contribution is 2.31. The average Bonchev–Trinajstić information content (AvgIpc) is 3.21. The number of benzene rings is 2. The average molecular weight is 322 g/mol. The molecule has 4 rings (SSSR count). The van der Waals surface area contributed by atoms with Gasteiger partial charge in [0.15, 0.2) is 5.76 Å². The van der Waals surface area contributed by atoms with Crippen molar-refractivity contribution in [2.75, 3.05) is 5.73 Å². The monoisotopic (exact) mass is 322 g/mol. The topological polar surface area (TPSA) is 121 Å². The van der Waals surface area contributed by atoms with Crippen LogP contribution in [0.15, 0.2) is 57.4 Å². The maximum Gasteiger partial charge on any atom is 0.283 e. The Morgan fingerprint density at radius 3 is 2.46 bits per heavy atom. The van der Waals surface area contributed by atoms with Crippen LogP contribution in [0.3, 0.4) is 0 Å². The number of anilines is 1. The quantitative estimate of drug-likeness (QED) is 0.347. The van der Waals surface area contributed by atoms with E-state index in [9.17, 15) is 10.1 Å². The van der Waals surface area contributed by atoms with Crippen LogP contribution in [0.5, 0.6) is 0 Å². The van der Waals surface area contributed by atoms with E-state index in [1.54, 1.807) is 30.3 Å². The molecule has 0 aliphatic rings. The van der Waals surface area contributed by atoms with Crippen molar-refractivity contribution in [2.45, 2.75) is 0 Å². The molecule has 0 unspecified atom stereocenters. The van der Waals surface area contributed by atoms with Crippen molar-refractivity contribution in [3.63, 3.8) is 0 Å². The molecule has 2 heterocycles. The number of nitrogens with zero attached hydrogens (tertiary/aromatic N) is 3. The highest BCUT2D eigenvalue weighted by molar-refractivity contribution is 5.83. The van der Waals surface area contributed by atoms with Gasteiger partial charge in [-0.2, -0.15) is 0 Å². The van der Waals surface area contributed by atoms with E-state index in [-0.39, 0.29) is 11.6 Å². The molecule has 2 aromatic carbocycles. The number of rotatable bonds is 3. The van der Waals surface area contributed by atoms with Gasteiger partial charge in [0, 0.05) is 28.8 Å². The maximum absolute atomic E-state index is 10.8. The molecule has 0 spiro atoms. The number of fused-ring (bicyclic) bond motifs is 1. The molecule has 0 radical (unpaired) electrons. The molecule has 2 N–H and O–H groups in total. The van der Waals surface area contributed by atoms with Gasteiger partial charge >= 0.3 is 0 Å². The van der Waals surface area contributed by atoms with Gasteiger partial charge in [-0.25, -0.2) is 0 Å². The van der Waals surface area contributed by atoms with Crippen LogP contribution >= 0.6 is 0 Å². The van der Waals surface area contributed by atoms with Crippen LogP contribution in [0.25, 0.3) is 34.1 Å². The minimum absolute atomic E-state index is 0.0112. The minimum Gasteiger partial charge on any atom is -0.451 e. The van der Waals surface area contributed by atoms with E-state index in [1.807, 2.05) is 0 Å². The molecule has 8 heteroatoms. The summed E-state index contributed by atoms with van der Waals surface area (Å²) in [4.78, 5) is 10.4. The van der Waals surface area contributed by atoms with Crippen LogP contribution in [0.2, 0.25) is 0 Å². The number of hydrogen-bond acceptors (Lipinski definition) is 7. The number of hydrogen-bond donors (Lipinski definition) is 1. The molecule has 0 aliphatic heterocycles. The van der Waals surface area contributed by atoms with Crippen molar-refractivity contribution >= 4 is 22.3 Å². The Morgan fingerprint density at radius 1 is 0.958 bits per heavy atom. The summed E-state index contributed by atoms with van der Waals surface area (Å²) in [6.45, 7) is 0. The van der Waals surface area contributed by atoms with Gasteiger partial charge in [0.2, 0.25) is 5.89 Å². The summed E-state index contributed by atoms with van der Waals surface area (Å²) in [6.07, 6.45) is 0. The minimum atomic E-state index is -0.460. The highest BCUT2D eigenvalue weighted by atomic mass is 16.6. The Labute approximate surface area is 134 Å². The number of nitrogen functional groups attached to an aromatic ring is 1. The van der Waals surface area contributed by atoms with E-state index in [0.29, 0.717) is 28.3 Å². The molecule has 0 fully saturated rings. The van der Waals surface area contributed by atoms with Crippen LogP contribution in [0.1, 0.15) is 0 Å². The van der Waals surface area contributed by atoms with E-state index >= 15 is 0 Å². The maximum atomic E-state index is 10.8. The molecule has 0 saturated carbocycles. The molecule has 0 aliphatic carbocycles. The van der Waals surface area contributed by atoms with Gasteiger partial charge < -0.3 is 14.6 Å². The fourth-order valence-electron chi connectivity index (χ4n) is 2.31. The number of aromatic nitrogens is 2. The normalized spacial score (nSPS) is 11.0. The van der Waals surface area contributed by atoms with Gasteiger partial charge in [0.05, 0.1) is 4.92 Å². The molecule has 0 saturated heterocycles. The standard InChI is InChI=1S/C16H10N4O4/c17-11-3-1-9(2-4-11)15-18-19-16(24-15)14-8-10-7-12(20(21)22)5-6-13(10)23-14/h1-8H,17H2. The third kappa shape index (κ3) is 2.35. The Hall–Kier alpha value is -3.68. The fraction of sp³-hybridized carbons (Fsp3) is 0. The molecular weight excluding hydrogens is 312 g/mol. The van der Waals surface area contributed by atoms with Crippen molar-refractivity contribution in [1.82, 2.24) is 10.2 Å². The second-order valence-corrected chi connectivity index (χ2v) is 5.12. The first-order valence-electron chi connectivity index (χ1n) is 6.98. The Bertz CT molecular complexity index is 1050. The fourth-order valence-corrected chi connectivity index (χ4v) is 2.31. The Kier molecular flexibility index (Phi) is 3.02. The molecule has 24 heavy (non-hydrogen) atoms. The van der Waals surface area contributed by atoms with E-state index in [1.165, 1.54) is 18.2 Å². The molecule has 2 aromatic heterocycles. The van der Waals surface area contributed by atoms with Crippen LogP contribution < -0.4 is 5.73 Å². The third-order valence-corrected chi connectivity index (χ3v) is 3.50. The molecule has 4 aromatic rings. The van der Waals surface area contributed by atoms with Crippen molar-refractivity contribution in [2.24, 2.45) is 0 Å². The van der Waals surface area contributed by atoms with Crippen LogP contribution in [-0.4, -0.2) is 15.1 Å². The molecule has 0 atom stereocenters. The number of nitro benzene ring substituents is 1. The number of nitro groups is 1. The molecule has 118 valence electrons. The second-order valence-electron chi connectivity index (χ2n) is 5.12. The lowest BCUT2D eigenvalue weighted by atomic mass is 10.2. The molecule has 0 amide bonds. The summed E-state index contributed by atoms with van der Waals surface area (Å²) >= 11 is 0. The van der Waals surface area contributed by atoms with Gasteiger partial charge in [-0.3, -0.25) is 10.1 Å². The molecule has 0 bridgehead atoms. The predicted octanol–water partition coefficient (Wildman–Crippen LogP) is 3.64. The lowest BCUT2D eigenvalue weighted by molar-refractivity contribution is -0.384. The van der Waals surface area contributed by atoms with Crippen molar-refractivity contribution in [3.05, 3.63) is 58.6 Å². The van der Waals surface area contributed by atoms with Gasteiger partial charge in [-0.05, 0) is 36.4 Å². The van der Waals surface area contributed by atoms with Crippen LogP contribution in [-0.2, 0) is 0 Å². The van der Waals surface area contributed by atoms with Crippen molar-refractivity contribution < 1.29 is 13.8 Å². The summed E-state index contributed by atoms with van der Waals surface area (Å²) in [5.41, 5.74) is 7.51. The first kappa shape index (κ1) is 13.9. The zero-order valence-corrected chi connectivity index (χ0v) is 12.2. The first-order chi connectivity index (χ1) is 11.6. The SMILES string of the molecule is Nc1ccc(-c2nnc(-c3cc4cc([N+](=O)[O-])ccc4o3)o2)cc1. The van der Waals surface area contributed by atoms with E-state index in [4.69, 9.17) is 14.6 Å². The lowest BCUT2D eigenvalue weighted by Crippen LogP contribution is -1.85. The number of furan rings is 1. The molecule has 8 nitrogen and oxygen atoms in total. The van der Waals surface area contributed by atoms with Gasteiger partial charge in [0.25, 0.3) is 11.6 Å². The van der Waals surface area contributed by atoms with E-state index < -0.39 is 4.92 Å². The zero-order valence-electron chi connectivity index (χ0n) is 12.2. The smallest absolute Gasteiger partial charge is 0.283 e. The van der Waals surface area contributed by atoms with Crippen molar-refractivity contribution in [1.29, 1.82) is 0 Å². The number of non-ortho nitro benzene ring substituents is 1. The van der Waals surface area contributed by atoms with E-state index in [0.717, 1.165) is 5.56 Å². The van der Waals surface area contributed by atoms with E-state index in [2.05, 4.69) is 10.2 Å². The Balaban J connectivity index is 1.72. The van der Waals surface area contributed by atoms with Crippen LogP contribution in [0, 0.1) is 10.1 Å². The lowest BCUT2D eigenvalue weighted by Gasteiger charge is -1.94. The van der Waals surface area contributed by atoms with Crippen LogP contribution in [0.4, 0.5) is 11.4 Å². The molecular formula is C16H10N4O4. The zero-order chi connectivity index (χ0) is 16.7. The van der Waals surface area contributed by atoms with Crippen molar-refractivity contribution in [3.8, 4) is 23.1 Å². The number of nitrogens with two attached hydrogens (primary N) is 1. The summed E-state index contributed by atoms with van der Waals surface area (Å²) in [6, 6.07) is 13.0. The summed E-state index contributed by atoms with van der Waals surface area (Å²) < 4.78 is 11.2. The van der Waals surface area contributed by atoms with Gasteiger partial charge in [0.1, 0.15) is 5.58 Å². The summed E-state index contributed by atoms with van der Waals surface area (Å²) in [5.74, 6) is 0.872. The summed E-state index contributed by atoms with van der Waals surface area (Å²) in [5, 5.41) is 19.4. The summed E-state index contributed by atoms with van der Waals surface area (Å²) in [7, 11) is 0. The third-order valence-electron chi connectivity index (χ3n) is 3.50. The first-order valence-corrected chi connectivity index (χ1v) is 6.98. The highest BCUT2D eigenvalue weighted by Gasteiger charge is 2.16. The van der Waals surface area contributed by atoms with Gasteiger partial charge in [-0.15, -0.1) is 10.2 Å². The second kappa shape index (κ2) is 5.20.